The number of rotatable bonds is 5. The summed E-state index contributed by atoms with van der Waals surface area (Å²) in [6, 6.07) is 2.54. The molecular formula is C16H20F3N3OS. The molecule has 0 radical (unpaired) electrons. The number of hydrogen-bond acceptors (Lipinski definition) is 3. The minimum absolute atomic E-state index is 0.129. The number of amides is 1. The van der Waals surface area contributed by atoms with Crippen molar-refractivity contribution in [3.8, 4) is 0 Å². The molecule has 0 saturated heterocycles. The van der Waals surface area contributed by atoms with Crippen LogP contribution in [0.15, 0.2) is 17.5 Å². The highest BCUT2D eigenvalue weighted by Crippen LogP contribution is 2.34. The molecule has 132 valence electrons. The third-order valence-corrected chi connectivity index (χ3v) is 4.77. The molecule has 0 spiro atoms. The fraction of sp³-hybridized carbons (Fsp3) is 0.500. The standard InChI is InChI=1S/C16H20F3N3OS/c1-9(2)7-10(3)14-11(5-6-24-14)20-15(23)12-8-13(16(17,18)19)21-22(12)4/h5-6,8-10H,7H2,1-4H3,(H,20,23). The Hall–Kier alpha value is -1.83. The lowest BCUT2D eigenvalue weighted by Crippen LogP contribution is -2.16. The third kappa shape index (κ3) is 4.17. The van der Waals surface area contributed by atoms with Crippen LogP contribution in [-0.2, 0) is 13.2 Å². The minimum Gasteiger partial charge on any atom is -0.320 e. The second-order valence-electron chi connectivity index (χ2n) is 6.22. The molecule has 4 nitrogen and oxygen atoms in total. The highest BCUT2D eigenvalue weighted by molar-refractivity contribution is 7.10. The number of anilines is 1. The van der Waals surface area contributed by atoms with Crippen molar-refractivity contribution >= 4 is 22.9 Å². The summed E-state index contributed by atoms with van der Waals surface area (Å²) in [5.74, 6) is 0.173. The molecule has 0 bridgehead atoms. The molecule has 1 N–H and O–H groups in total. The summed E-state index contributed by atoms with van der Waals surface area (Å²) in [5.41, 5.74) is -0.558. The molecule has 2 aromatic heterocycles. The highest BCUT2D eigenvalue weighted by Gasteiger charge is 2.35. The smallest absolute Gasteiger partial charge is 0.320 e. The van der Waals surface area contributed by atoms with Gasteiger partial charge in [-0.1, -0.05) is 20.8 Å². The molecule has 0 saturated carbocycles. The third-order valence-electron chi connectivity index (χ3n) is 3.62. The molecule has 24 heavy (non-hydrogen) atoms. The van der Waals surface area contributed by atoms with Crippen LogP contribution < -0.4 is 5.32 Å². The summed E-state index contributed by atoms with van der Waals surface area (Å²) >= 11 is 1.53. The monoisotopic (exact) mass is 359 g/mol. The highest BCUT2D eigenvalue weighted by atomic mass is 32.1. The van der Waals surface area contributed by atoms with Crippen molar-refractivity contribution in [3.05, 3.63) is 33.8 Å². The van der Waals surface area contributed by atoms with Crippen LogP contribution in [-0.4, -0.2) is 15.7 Å². The van der Waals surface area contributed by atoms with Gasteiger partial charge in [-0.05, 0) is 29.7 Å². The van der Waals surface area contributed by atoms with E-state index in [-0.39, 0.29) is 11.6 Å². The van der Waals surface area contributed by atoms with Gasteiger partial charge in [-0.3, -0.25) is 9.48 Å². The molecule has 2 rings (SSSR count). The molecule has 2 aromatic rings. The van der Waals surface area contributed by atoms with Crippen LogP contribution in [0.5, 0.6) is 0 Å². The molecule has 0 aliphatic carbocycles. The number of nitrogens with one attached hydrogen (secondary N) is 1. The summed E-state index contributed by atoms with van der Waals surface area (Å²) in [7, 11) is 1.32. The van der Waals surface area contributed by atoms with Crippen molar-refractivity contribution in [2.45, 2.75) is 39.3 Å². The minimum atomic E-state index is -4.57. The number of aromatic nitrogens is 2. The number of alkyl halides is 3. The van der Waals surface area contributed by atoms with E-state index in [0.29, 0.717) is 11.6 Å². The van der Waals surface area contributed by atoms with Crippen molar-refractivity contribution in [2.24, 2.45) is 13.0 Å². The quantitative estimate of drug-likeness (QED) is 0.825. The SMILES string of the molecule is CC(C)CC(C)c1sccc1NC(=O)c1cc(C(F)(F)F)nn1C. The van der Waals surface area contributed by atoms with E-state index in [2.05, 4.69) is 31.2 Å². The maximum atomic E-state index is 12.7. The molecule has 0 aliphatic heterocycles. The Balaban J connectivity index is 2.20. The lowest BCUT2D eigenvalue weighted by Gasteiger charge is -2.15. The van der Waals surface area contributed by atoms with Crippen molar-refractivity contribution in [2.75, 3.05) is 5.32 Å². The van der Waals surface area contributed by atoms with Crippen LogP contribution in [0.3, 0.4) is 0 Å². The Labute approximate surface area is 142 Å². The second kappa shape index (κ2) is 6.96. The van der Waals surface area contributed by atoms with E-state index in [1.165, 1.54) is 18.4 Å². The van der Waals surface area contributed by atoms with Gasteiger partial charge >= 0.3 is 6.18 Å². The number of nitrogens with zero attached hydrogens (tertiary/aromatic N) is 2. The molecule has 2 heterocycles. The number of aryl methyl sites for hydroxylation is 1. The number of thiophene rings is 1. The normalized spacial score (nSPS) is 13.3. The van der Waals surface area contributed by atoms with E-state index >= 15 is 0 Å². The second-order valence-corrected chi connectivity index (χ2v) is 7.17. The summed E-state index contributed by atoms with van der Waals surface area (Å²) in [4.78, 5) is 13.4. The fourth-order valence-corrected chi connectivity index (χ4v) is 3.55. The summed E-state index contributed by atoms with van der Waals surface area (Å²) in [6.45, 7) is 6.32. The van der Waals surface area contributed by atoms with Crippen LogP contribution in [0.1, 0.15) is 54.2 Å². The van der Waals surface area contributed by atoms with Gasteiger partial charge in [0, 0.05) is 18.0 Å². The molecule has 8 heteroatoms. The predicted octanol–water partition coefficient (Wildman–Crippen LogP) is 4.90. The van der Waals surface area contributed by atoms with E-state index in [9.17, 15) is 18.0 Å². The maximum absolute atomic E-state index is 12.7. The van der Waals surface area contributed by atoms with Gasteiger partial charge in [0.05, 0.1) is 5.69 Å². The van der Waals surface area contributed by atoms with E-state index in [0.717, 1.165) is 22.0 Å². The zero-order valence-electron chi connectivity index (χ0n) is 13.9. The van der Waals surface area contributed by atoms with Crippen molar-refractivity contribution in [1.29, 1.82) is 0 Å². The van der Waals surface area contributed by atoms with Crippen LogP contribution in [0, 0.1) is 5.92 Å². The first-order valence-corrected chi connectivity index (χ1v) is 8.47. The van der Waals surface area contributed by atoms with Crippen molar-refractivity contribution in [3.63, 3.8) is 0 Å². The van der Waals surface area contributed by atoms with Gasteiger partial charge in [-0.15, -0.1) is 11.3 Å². The zero-order valence-corrected chi connectivity index (χ0v) is 14.8. The number of hydrogen-bond donors (Lipinski definition) is 1. The Morgan fingerprint density at radius 1 is 1.38 bits per heavy atom. The summed E-state index contributed by atoms with van der Waals surface area (Å²) < 4.78 is 39.1. The van der Waals surface area contributed by atoms with Gasteiger partial charge in [0.2, 0.25) is 0 Å². The van der Waals surface area contributed by atoms with E-state index < -0.39 is 17.8 Å². The first kappa shape index (κ1) is 18.5. The molecule has 0 aromatic carbocycles. The van der Waals surface area contributed by atoms with Crippen molar-refractivity contribution in [1.82, 2.24) is 9.78 Å². The Morgan fingerprint density at radius 2 is 2.04 bits per heavy atom. The van der Waals surface area contributed by atoms with Crippen LogP contribution in [0.25, 0.3) is 0 Å². The fourth-order valence-electron chi connectivity index (χ4n) is 2.62. The lowest BCUT2D eigenvalue weighted by atomic mass is 9.97. The molecule has 1 amide bonds. The van der Waals surface area contributed by atoms with E-state index in [1.54, 1.807) is 6.07 Å². The number of carbonyl (C=O) groups is 1. The first-order valence-electron chi connectivity index (χ1n) is 7.59. The first-order chi connectivity index (χ1) is 11.1. The Bertz CT molecular complexity index is 718. The lowest BCUT2D eigenvalue weighted by molar-refractivity contribution is -0.141. The predicted molar refractivity (Wildman–Crippen MR) is 88.4 cm³/mol. The van der Waals surface area contributed by atoms with Gasteiger partial charge in [0.15, 0.2) is 5.69 Å². The summed E-state index contributed by atoms with van der Waals surface area (Å²) in [5, 5.41) is 7.94. The van der Waals surface area contributed by atoms with Gasteiger partial charge in [-0.2, -0.15) is 18.3 Å². The molecule has 1 unspecified atom stereocenters. The van der Waals surface area contributed by atoms with Crippen molar-refractivity contribution < 1.29 is 18.0 Å². The topological polar surface area (TPSA) is 46.9 Å². The van der Waals surface area contributed by atoms with Gasteiger partial charge in [-0.25, -0.2) is 0 Å². The molecule has 1 atom stereocenters. The van der Waals surface area contributed by atoms with Crippen LogP contribution in [0.2, 0.25) is 0 Å². The van der Waals surface area contributed by atoms with Crippen LogP contribution >= 0.6 is 11.3 Å². The maximum Gasteiger partial charge on any atom is 0.435 e. The van der Waals surface area contributed by atoms with Gasteiger partial charge in [0.1, 0.15) is 5.69 Å². The van der Waals surface area contributed by atoms with E-state index in [4.69, 9.17) is 0 Å². The molecular weight excluding hydrogens is 339 g/mol. The summed E-state index contributed by atoms with van der Waals surface area (Å²) in [6.07, 6.45) is -3.61. The average molecular weight is 359 g/mol. The Kier molecular flexibility index (Phi) is 5.37. The molecule has 0 aliphatic rings. The van der Waals surface area contributed by atoms with Crippen LogP contribution in [0.4, 0.5) is 18.9 Å². The van der Waals surface area contributed by atoms with Gasteiger partial charge < -0.3 is 5.32 Å². The average Bonchev–Trinajstić information content (AvgIpc) is 3.03. The Morgan fingerprint density at radius 3 is 2.58 bits per heavy atom. The van der Waals surface area contributed by atoms with E-state index in [1.807, 2.05) is 5.38 Å². The largest absolute Gasteiger partial charge is 0.435 e. The molecule has 0 fully saturated rings. The number of halogens is 3. The number of carbonyl (C=O) groups excluding carboxylic acids is 1. The van der Waals surface area contributed by atoms with Gasteiger partial charge in [0.25, 0.3) is 5.91 Å². The zero-order chi connectivity index (χ0) is 18.1.